The molecule has 7 heteroatoms. The van der Waals surface area contributed by atoms with Crippen molar-refractivity contribution in [3.05, 3.63) is 57.6 Å². The summed E-state index contributed by atoms with van der Waals surface area (Å²) in [6.07, 6.45) is 1.20. The van der Waals surface area contributed by atoms with Crippen molar-refractivity contribution in [1.29, 1.82) is 0 Å². The molecule has 2 aromatic heterocycles. The van der Waals surface area contributed by atoms with E-state index >= 15 is 0 Å². The summed E-state index contributed by atoms with van der Waals surface area (Å²) in [5.41, 5.74) is 1.87. The van der Waals surface area contributed by atoms with Gasteiger partial charge in [-0.15, -0.1) is 10.2 Å². The minimum atomic E-state index is 0.0423. The molecule has 0 spiro atoms. The topological polar surface area (TPSA) is 59.2 Å². The molecule has 0 saturated heterocycles. The number of carbonyl (C=O) groups excluding carboxylic acids is 1. The van der Waals surface area contributed by atoms with Gasteiger partial charge in [0.2, 0.25) is 17.7 Å². The Hall–Kier alpha value is -2.18. The Bertz CT molecular complexity index is 861. The molecule has 0 bridgehead atoms. The molecule has 3 aromatic rings. The molecule has 0 aliphatic rings. The molecule has 0 aliphatic carbocycles. The Kier molecular flexibility index (Phi) is 6.06. The third-order valence-corrected chi connectivity index (χ3v) is 5.09. The van der Waals surface area contributed by atoms with Gasteiger partial charge in [-0.25, -0.2) is 0 Å². The first-order chi connectivity index (χ1) is 12.5. The lowest BCUT2D eigenvalue weighted by Gasteiger charge is -2.25. The normalized spacial score (nSPS) is 11.1. The van der Waals surface area contributed by atoms with E-state index in [1.54, 1.807) is 22.3 Å². The lowest BCUT2D eigenvalue weighted by atomic mass is 10.1. The van der Waals surface area contributed by atoms with Crippen molar-refractivity contribution in [2.75, 3.05) is 0 Å². The summed E-state index contributed by atoms with van der Waals surface area (Å²) in [4.78, 5) is 14.4. The molecule has 5 nitrogen and oxygen atoms in total. The van der Waals surface area contributed by atoms with Gasteiger partial charge in [-0.2, -0.15) is 11.3 Å². The van der Waals surface area contributed by atoms with E-state index in [1.165, 1.54) is 5.56 Å². The molecule has 0 fully saturated rings. The van der Waals surface area contributed by atoms with Crippen molar-refractivity contribution in [3.8, 4) is 11.5 Å². The average molecular weight is 390 g/mol. The molecule has 0 N–H and O–H groups in total. The Morgan fingerprint density at radius 3 is 2.77 bits per heavy atom. The van der Waals surface area contributed by atoms with Gasteiger partial charge in [-0.1, -0.05) is 23.7 Å². The van der Waals surface area contributed by atoms with E-state index in [0.717, 1.165) is 6.42 Å². The van der Waals surface area contributed by atoms with Crippen LogP contribution in [0.5, 0.6) is 0 Å². The number of carbonyl (C=O) groups is 1. The van der Waals surface area contributed by atoms with Crippen molar-refractivity contribution >= 4 is 28.8 Å². The number of hydrogen-bond donors (Lipinski definition) is 0. The van der Waals surface area contributed by atoms with E-state index in [9.17, 15) is 4.79 Å². The number of aromatic nitrogens is 2. The second-order valence-corrected chi connectivity index (χ2v) is 7.42. The summed E-state index contributed by atoms with van der Waals surface area (Å²) in [7, 11) is 0. The summed E-state index contributed by atoms with van der Waals surface area (Å²) < 4.78 is 5.73. The third kappa shape index (κ3) is 4.51. The number of aryl methyl sites for hydroxylation is 1. The molecular formula is C19H20ClN3O2S. The maximum atomic E-state index is 12.6. The van der Waals surface area contributed by atoms with Crippen LogP contribution >= 0.6 is 22.9 Å². The van der Waals surface area contributed by atoms with Crippen molar-refractivity contribution < 1.29 is 9.21 Å². The molecule has 136 valence electrons. The fourth-order valence-corrected chi connectivity index (χ4v) is 3.51. The summed E-state index contributed by atoms with van der Waals surface area (Å²) in [6.45, 7) is 4.25. The molecule has 0 radical (unpaired) electrons. The quantitative estimate of drug-likeness (QED) is 0.581. The molecule has 1 amide bonds. The molecule has 26 heavy (non-hydrogen) atoms. The number of nitrogens with zero attached hydrogens (tertiary/aromatic N) is 3. The standard InChI is InChI=1S/C19H20ClN3O2S/c1-13(2)23(18(24)8-7-14-9-10-26-12-14)11-17-21-22-19(25-17)15-5-3-4-6-16(15)20/h3-6,9-10,12-13H,7-8,11H2,1-2H3. The van der Waals surface area contributed by atoms with E-state index in [0.29, 0.717) is 28.8 Å². The lowest BCUT2D eigenvalue weighted by Crippen LogP contribution is -2.36. The van der Waals surface area contributed by atoms with Gasteiger partial charge in [-0.3, -0.25) is 4.79 Å². The van der Waals surface area contributed by atoms with Gasteiger partial charge in [-0.05, 0) is 54.8 Å². The highest BCUT2D eigenvalue weighted by Gasteiger charge is 2.21. The number of rotatable bonds is 7. The second kappa shape index (κ2) is 8.47. The zero-order valence-electron chi connectivity index (χ0n) is 14.7. The van der Waals surface area contributed by atoms with Crippen LogP contribution in [0.4, 0.5) is 0 Å². The third-order valence-electron chi connectivity index (χ3n) is 4.03. The molecule has 0 atom stereocenters. The van der Waals surface area contributed by atoms with E-state index < -0.39 is 0 Å². The van der Waals surface area contributed by atoms with Gasteiger partial charge < -0.3 is 9.32 Å². The Morgan fingerprint density at radius 1 is 1.27 bits per heavy atom. The first kappa shape index (κ1) is 18.6. The van der Waals surface area contributed by atoms with Gasteiger partial charge in [0.05, 0.1) is 17.1 Å². The molecule has 3 rings (SSSR count). The maximum Gasteiger partial charge on any atom is 0.249 e. The minimum absolute atomic E-state index is 0.0423. The number of hydrogen-bond acceptors (Lipinski definition) is 5. The molecular weight excluding hydrogens is 370 g/mol. The molecule has 0 unspecified atom stereocenters. The predicted octanol–water partition coefficient (Wildman–Crippen LogP) is 4.82. The van der Waals surface area contributed by atoms with Crippen LogP contribution in [-0.2, 0) is 17.8 Å². The van der Waals surface area contributed by atoms with Crippen LogP contribution in [0.1, 0.15) is 31.7 Å². The van der Waals surface area contributed by atoms with Crippen LogP contribution in [0.2, 0.25) is 5.02 Å². The molecule has 2 heterocycles. The van der Waals surface area contributed by atoms with Crippen LogP contribution in [0, 0.1) is 0 Å². The number of halogens is 1. The summed E-state index contributed by atoms with van der Waals surface area (Å²) in [6, 6.07) is 9.39. The summed E-state index contributed by atoms with van der Waals surface area (Å²) >= 11 is 7.81. The van der Waals surface area contributed by atoms with Gasteiger partial charge in [0.1, 0.15) is 0 Å². The fraction of sp³-hybridized carbons (Fsp3) is 0.316. The van der Waals surface area contributed by atoms with Crippen LogP contribution < -0.4 is 0 Å². The maximum absolute atomic E-state index is 12.6. The van der Waals surface area contributed by atoms with Crippen molar-refractivity contribution in [3.63, 3.8) is 0 Å². The highest BCUT2D eigenvalue weighted by Crippen LogP contribution is 2.26. The zero-order chi connectivity index (χ0) is 18.5. The Morgan fingerprint density at radius 2 is 2.08 bits per heavy atom. The van der Waals surface area contributed by atoms with E-state index in [4.69, 9.17) is 16.0 Å². The van der Waals surface area contributed by atoms with Crippen molar-refractivity contribution in [1.82, 2.24) is 15.1 Å². The van der Waals surface area contributed by atoms with Gasteiger partial charge in [0, 0.05) is 12.5 Å². The highest BCUT2D eigenvalue weighted by atomic mass is 35.5. The second-order valence-electron chi connectivity index (χ2n) is 6.23. The SMILES string of the molecule is CC(C)N(Cc1nnc(-c2ccccc2Cl)o1)C(=O)CCc1ccsc1. The molecule has 1 aromatic carbocycles. The Labute approximate surface area is 161 Å². The summed E-state index contributed by atoms with van der Waals surface area (Å²) in [5.74, 6) is 0.834. The predicted molar refractivity (Wildman–Crippen MR) is 103 cm³/mol. The number of benzene rings is 1. The lowest BCUT2D eigenvalue weighted by molar-refractivity contribution is -0.133. The van der Waals surface area contributed by atoms with Gasteiger partial charge in [0.15, 0.2) is 0 Å². The minimum Gasteiger partial charge on any atom is -0.419 e. The van der Waals surface area contributed by atoms with Crippen molar-refractivity contribution in [2.45, 2.75) is 39.3 Å². The van der Waals surface area contributed by atoms with Crippen LogP contribution in [0.25, 0.3) is 11.5 Å². The van der Waals surface area contributed by atoms with E-state index in [2.05, 4.69) is 15.6 Å². The molecule has 0 saturated carbocycles. The van der Waals surface area contributed by atoms with Gasteiger partial charge >= 0.3 is 0 Å². The largest absolute Gasteiger partial charge is 0.419 e. The van der Waals surface area contributed by atoms with E-state index in [1.807, 2.05) is 43.5 Å². The first-order valence-corrected chi connectivity index (χ1v) is 9.74. The summed E-state index contributed by atoms with van der Waals surface area (Å²) in [5, 5.41) is 12.8. The first-order valence-electron chi connectivity index (χ1n) is 8.42. The molecule has 0 aliphatic heterocycles. The smallest absolute Gasteiger partial charge is 0.249 e. The fourth-order valence-electron chi connectivity index (χ4n) is 2.60. The highest BCUT2D eigenvalue weighted by molar-refractivity contribution is 7.07. The van der Waals surface area contributed by atoms with E-state index in [-0.39, 0.29) is 18.5 Å². The monoisotopic (exact) mass is 389 g/mol. The van der Waals surface area contributed by atoms with Crippen LogP contribution in [0.15, 0.2) is 45.5 Å². The Balaban J connectivity index is 1.68. The van der Waals surface area contributed by atoms with Crippen LogP contribution in [-0.4, -0.2) is 27.0 Å². The van der Waals surface area contributed by atoms with Gasteiger partial charge in [0.25, 0.3) is 0 Å². The number of amides is 1. The van der Waals surface area contributed by atoms with Crippen LogP contribution in [0.3, 0.4) is 0 Å². The number of thiophene rings is 1. The zero-order valence-corrected chi connectivity index (χ0v) is 16.3. The van der Waals surface area contributed by atoms with Crippen molar-refractivity contribution in [2.24, 2.45) is 0 Å². The average Bonchev–Trinajstić information content (AvgIpc) is 3.29.